The third-order valence-electron chi connectivity index (χ3n) is 4.58. The topological polar surface area (TPSA) is 55.1 Å². The third kappa shape index (κ3) is 5.11. The summed E-state index contributed by atoms with van der Waals surface area (Å²) in [6, 6.07) is 5.14. The predicted molar refractivity (Wildman–Crippen MR) is 90.0 cm³/mol. The van der Waals surface area contributed by atoms with E-state index in [0.29, 0.717) is 12.1 Å². The summed E-state index contributed by atoms with van der Waals surface area (Å²) in [6.45, 7) is 2.13. The highest BCUT2D eigenvalue weighted by Gasteiger charge is 2.35. The fraction of sp³-hybridized carbons (Fsp3) is 0.588. The molecule has 0 heterocycles. The van der Waals surface area contributed by atoms with E-state index in [4.69, 9.17) is 5.73 Å². The molecule has 7 heteroatoms. The first kappa shape index (κ1) is 20.8. The van der Waals surface area contributed by atoms with Crippen LogP contribution in [0.15, 0.2) is 24.3 Å². The largest absolute Gasteiger partial charge is 0.416 e. The zero-order valence-corrected chi connectivity index (χ0v) is 14.5. The Balaban J connectivity index is 0.00000288. The summed E-state index contributed by atoms with van der Waals surface area (Å²) in [7, 11) is 0. The van der Waals surface area contributed by atoms with Gasteiger partial charge in [-0.15, -0.1) is 12.4 Å². The van der Waals surface area contributed by atoms with E-state index in [1.165, 1.54) is 6.07 Å². The van der Waals surface area contributed by atoms with Crippen LogP contribution in [0.1, 0.15) is 43.7 Å². The molecule has 0 bridgehead atoms. The van der Waals surface area contributed by atoms with E-state index >= 15 is 0 Å². The second kappa shape index (κ2) is 8.21. The number of carbonyl (C=O) groups is 1. The van der Waals surface area contributed by atoms with Gasteiger partial charge < -0.3 is 11.1 Å². The molecule has 0 aliphatic heterocycles. The summed E-state index contributed by atoms with van der Waals surface area (Å²) in [5, 5.41) is 3.02. The minimum Gasteiger partial charge on any atom is -0.349 e. The molecule has 0 saturated heterocycles. The van der Waals surface area contributed by atoms with Crippen LogP contribution in [0.25, 0.3) is 0 Å². The van der Waals surface area contributed by atoms with Crippen molar-refractivity contribution >= 4 is 18.3 Å². The van der Waals surface area contributed by atoms with Gasteiger partial charge in [-0.3, -0.25) is 4.79 Å². The van der Waals surface area contributed by atoms with Gasteiger partial charge in [0.25, 0.3) is 0 Å². The smallest absolute Gasteiger partial charge is 0.349 e. The van der Waals surface area contributed by atoms with Crippen molar-refractivity contribution in [3.05, 3.63) is 35.4 Å². The fourth-order valence-electron chi connectivity index (χ4n) is 3.14. The van der Waals surface area contributed by atoms with Crippen molar-refractivity contribution in [2.75, 3.05) is 6.54 Å². The van der Waals surface area contributed by atoms with Crippen molar-refractivity contribution in [3.8, 4) is 0 Å². The minimum absolute atomic E-state index is 0. The maximum Gasteiger partial charge on any atom is 0.416 e. The first-order valence-electron chi connectivity index (χ1n) is 7.94. The summed E-state index contributed by atoms with van der Waals surface area (Å²) >= 11 is 0. The van der Waals surface area contributed by atoms with Gasteiger partial charge in [-0.25, -0.2) is 0 Å². The van der Waals surface area contributed by atoms with Crippen LogP contribution in [0.4, 0.5) is 13.2 Å². The average Bonchev–Trinajstić information content (AvgIpc) is 2.95. The molecule has 3 N–H and O–H groups in total. The van der Waals surface area contributed by atoms with E-state index in [1.54, 1.807) is 13.0 Å². The van der Waals surface area contributed by atoms with Crippen LogP contribution in [-0.4, -0.2) is 18.0 Å². The molecule has 24 heavy (non-hydrogen) atoms. The molecule has 2 rings (SSSR count). The molecule has 0 spiro atoms. The van der Waals surface area contributed by atoms with E-state index in [1.807, 2.05) is 0 Å². The van der Waals surface area contributed by atoms with E-state index in [-0.39, 0.29) is 30.3 Å². The van der Waals surface area contributed by atoms with Gasteiger partial charge in [0.2, 0.25) is 5.91 Å². The second-order valence-electron chi connectivity index (χ2n) is 6.48. The Morgan fingerprint density at radius 3 is 2.50 bits per heavy atom. The van der Waals surface area contributed by atoms with E-state index in [2.05, 4.69) is 5.32 Å². The standard InChI is InChI=1S/C17H23F3N2O.ClH/c1-12(15(23)22-16(11-21)7-2-3-8-16)9-13-5-4-6-14(10-13)17(18,19)20;/h4-6,10,12H,2-3,7-9,11,21H2,1H3,(H,22,23);1H. The molecule has 0 aromatic heterocycles. The number of carbonyl (C=O) groups excluding carboxylic acids is 1. The van der Waals surface area contributed by atoms with E-state index in [0.717, 1.165) is 37.8 Å². The van der Waals surface area contributed by atoms with Crippen LogP contribution >= 0.6 is 12.4 Å². The highest BCUT2D eigenvalue weighted by molar-refractivity contribution is 5.85. The third-order valence-corrected chi connectivity index (χ3v) is 4.58. The van der Waals surface area contributed by atoms with Crippen molar-refractivity contribution in [2.24, 2.45) is 11.7 Å². The molecular weight excluding hydrogens is 341 g/mol. The Bertz CT molecular complexity index is 557. The highest BCUT2D eigenvalue weighted by atomic mass is 35.5. The minimum atomic E-state index is -4.37. The first-order chi connectivity index (χ1) is 10.8. The van der Waals surface area contributed by atoms with E-state index in [9.17, 15) is 18.0 Å². The molecule has 1 amide bonds. The Morgan fingerprint density at radius 1 is 1.33 bits per heavy atom. The van der Waals surface area contributed by atoms with Gasteiger partial charge in [0.15, 0.2) is 0 Å². The summed E-state index contributed by atoms with van der Waals surface area (Å²) in [6.07, 6.45) is -0.276. The maximum absolute atomic E-state index is 12.7. The summed E-state index contributed by atoms with van der Waals surface area (Å²) < 4.78 is 38.2. The van der Waals surface area contributed by atoms with Crippen molar-refractivity contribution in [1.82, 2.24) is 5.32 Å². The lowest BCUT2D eigenvalue weighted by molar-refractivity contribution is -0.137. The number of nitrogens with one attached hydrogen (secondary N) is 1. The molecule has 1 unspecified atom stereocenters. The molecule has 1 aliphatic carbocycles. The van der Waals surface area contributed by atoms with Crippen molar-refractivity contribution in [3.63, 3.8) is 0 Å². The Morgan fingerprint density at radius 2 is 1.96 bits per heavy atom. The highest BCUT2D eigenvalue weighted by Crippen LogP contribution is 2.31. The van der Waals surface area contributed by atoms with Crippen LogP contribution < -0.4 is 11.1 Å². The second-order valence-corrected chi connectivity index (χ2v) is 6.48. The van der Waals surface area contributed by atoms with Gasteiger partial charge in [0.05, 0.1) is 11.1 Å². The Labute approximate surface area is 146 Å². The van der Waals surface area contributed by atoms with Gasteiger partial charge in [-0.1, -0.05) is 38.0 Å². The predicted octanol–water partition coefficient (Wildman–Crippen LogP) is 3.69. The lowest BCUT2D eigenvalue weighted by atomic mass is 9.94. The number of rotatable bonds is 5. The van der Waals surface area contributed by atoms with Crippen molar-refractivity contribution in [1.29, 1.82) is 0 Å². The number of alkyl halides is 3. The Kier molecular flexibility index (Phi) is 7.10. The molecule has 136 valence electrons. The zero-order valence-electron chi connectivity index (χ0n) is 13.7. The molecule has 1 aliphatic rings. The van der Waals surface area contributed by atoms with E-state index < -0.39 is 17.7 Å². The summed E-state index contributed by atoms with van der Waals surface area (Å²) in [5.74, 6) is -0.544. The monoisotopic (exact) mass is 364 g/mol. The van der Waals surface area contributed by atoms with Gasteiger partial charge in [-0.05, 0) is 30.9 Å². The van der Waals surface area contributed by atoms with Gasteiger partial charge in [0, 0.05) is 12.5 Å². The fourth-order valence-corrected chi connectivity index (χ4v) is 3.14. The maximum atomic E-state index is 12.7. The van der Waals surface area contributed by atoms with Crippen LogP contribution in [-0.2, 0) is 17.4 Å². The normalized spacial score (nSPS) is 17.9. The zero-order chi connectivity index (χ0) is 17.1. The number of nitrogens with two attached hydrogens (primary N) is 1. The SMILES string of the molecule is CC(Cc1cccc(C(F)(F)F)c1)C(=O)NC1(CN)CCCC1.Cl. The Hall–Kier alpha value is -1.27. The summed E-state index contributed by atoms with van der Waals surface area (Å²) in [4.78, 5) is 12.4. The molecule has 0 radical (unpaired) electrons. The molecular formula is C17H24ClF3N2O. The van der Waals surface area contributed by atoms with Crippen LogP contribution in [0.5, 0.6) is 0 Å². The molecule has 1 aromatic carbocycles. The number of amides is 1. The average molecular weight is 365 g/mol. The quantitative estimate of drug-likeness (QED) is 0.837. The number of hydrogen-bond donors (Lipinski definition) is 2. The van der Waals surface area contributed by atoms with Crippen LogP contribution in [0.3, 0.4) is 0 Å². The van der Waals surface area contributed by atoms with Gasteiger partial charge in [-0.2, -0.15) is 13.2 Å². The van der Waals surface area contributed by atoms with Crippen LogP contribution in [0, 0.1) is 5.92 Å². The molecule has 1 aromatic rings. The number of hydrogen-bond acceptors (Lipinski definition) is 2. The van der Waals surface area contributed by atoms with Crippen molar-refractivity contribution in [2.45, 2.75) is 50.7 Å². The number of halogens is 4. The first-order valence-corrected chi connectivity index (χ1v) is 7.94. The molecule has 1 atom stereocenters. The van der Waals surface area contributed by atoms with Gasteiger partial charge in [0.1, 0.15) is 0 Å². The lowest BCUT2D eigenvalue weighted by Gasteiger charge is -2.30. The van der Waals surface area contributed by atoms with Gasteiger partial charge >= 0.3 is 6.18 Å². The van der Waals surface area contributed by atoms with Crippen molar-refractivity contribution < 1.29 is 18.0 Å². The molecule has 1 fully saturated rings. The summed E-state index contributed by atoms with van der Waals surface area (Å²) in [5.41, 5.74) is 5.29. The van der Waals surface area contributed by atoms with Crippen LogP contribution in [0.2, 0.25) is 0 Å². The lowest BCUT2D eigenvalue weighted by Crippen LogP contribution is -2.53. The molecule has 1 saturated carbocycles. The number of benzene rings is 1. The molecule has 3 nitrogen and oxygen atoms in total.